The Morgan fingerprint density at radius 1 is 1.28 bits per heavy atom. The number of carboxylic acids is 1. The fourth-order valence-corrected chi connectivity index (χ4v) is 9.13. The molecule has 0 spiro atoms. The Kier molecular flexibility index (Phi) is 11.4. The van der Waals surface area contributed by atoms with Gasteiger partial charge in [-0.2, -0.15) is 11.8 Å². The molecule has 0 saturated carbocycles. The second-order valence-corrected chi connectivity index (χ2v) is 15.0. The Hall–Kier alpha value is -3.69. The van der Waals surface area contributed by atoms with Crippen LogP contribution in [0.5, 0.6) is 0 Å². The topological polar surface area (TPSA) is 252 Å². The van der Waals surface area contributed by atoms with Crippen LogP contribution in [0.2, 0.25) is 4.34 Å². The number of rotatable bonds is 15. The molecule has 2 aliphatic rings. The number of aliphatic carboxylic acids is 1. The van der Waals surface area contributed by atoms with E-state index in [4.69, 9.17) is 23.1 Å². The molecular weight excluding hydrogens is 712 g/mol. The molecule has 248 valence electrons. The predicted octanol–water partition coefficient (Wildman–Crippen LogP) is 1.71. The number of thiazole rings is 1. The van der Waals surface area contributed by atoms with Crippen molar-refractivity contribution in [1.29, 1.82) is 0 Å². The van der Waals surface area contributed by atoms with Crippen molar-refractivity contribution < 1.29 is 24.3 Å². The van der Waals surface area contributed by atoms with Crippen molar-refractivity contribution in [2.45, 2.75) is 40.6 Å². The van der Waals surface area contributed by atoms with Crippen LogP contribution >= 0.6 is 58.2 Å². The third-order valence-corrected chi connectivity index (χ3v) is 11.7. The quantitative estimate of drug-likeness (QED) is 0.0738. The van der Waals surface area contributed by atoms with Gasteiger partial charge in [-0.1, -0.05) is 34.7 Å². The van der Waals surface area contributed by atoms with Crippen LogP contribution in [-0.4, -0.2) is 89.1 Å². The number of H-pyrrole nitrogens is 1. The number of imidazole rings is 1. The molecule has 2 aliphatic heterocycles. The van der Waals surface area contributed by atoms with E-state index in [2.05, 4.69) is 35.7 Å². The number of nitrogen functional groups attached to an aromatic ring is 1. The summed E-state index contributed by atoms with van der Waals surface area (Å²) in [4.78, 5) is 79.5. The second-order valence-electron chi connectivity index (χ2n) is 10.0. The van der Waals surface area contributed by atoms with Gasteiger partial charge in [0.15, 0.2) is 5.13 Å². The molecule has 47 heavy (non-hydrogen) atoms. The third kappa shape index (κ3) is 7.90. The molecule has 0 bridgehead atoms. The maximum Gasteiger partial charge on any atom is 0.353 e. The molecule has 8 N–H and O–H groups in total. The number of carbonyl (C=O) groups is 4. The minimum atomic E-state index is -1.63. The number of nitrogens with zero attached hydrogens (tertiary/aromatic N) is 5. The highest BCUT2D eigenvalue weighted by Gasteiger charge is 2.55. The number of thioether (sulfide) groups is 3. The number of nitroso groups, excluding NO2 is 1. The molecule has 0 aliphatic carbocycles. The molecule has 5 heterocycles. The van der Waals surface area contributed by atoms with Gasteiger partial charge in [0.2, 0.25) is 11.9 Å². The average molecular weight is 739 g/mol. The van der Waals surface area contributed by atoms with Gasteiger partial charge >= 0.3 is 5.97 Å². The van der Waals surface area contributed by atoms with Crippen LogP contribution in [0.15, 0.2) is 51.7 Å². The van der Waals surface area contributed by atoms with Crippen LogP contribution in [0.3, 0.4) is 0 Å². The van der Waals surface area contributed by atoms with Gasteiger partial charge in [-0.25, -0.2) is 14.8 Å². The van der Waals surface area contributed by atoms with Crippen molar-refractivity contribution >= 4 is 87.0 Å². The summed E-state index contributed by atoms with van der Waals surface area (Å²) in [6, 6.07) is -1.65. The lowest BCUT2D eigenvalue weighted by Gasteiger charge is -2.49. The largest absolute Gasteiger partial charge is 0.477 e. The van der Waals surface area contributed by atoms with E-state index in [-0.39, 0.29) is 32.5 Å². The van der Waals surface area contributed by atoms with Gasteiger partial charge < -0.3 is 32.2 Å². The Balaban J connectivity index is 1.18. The molecule has 4 atom stereocenters. The van der Waals surface area contributed by atoms with Crippen molar-refractivity contribution in [3.8, 4) is 0 Å². The maximum absolute atomic E-state index is 13.2. The summed E-state index contributed by atoms with van der Waals surface area (Å²) in [5.74, 6) is -1.72. The van der Waals surface area contributed by atoms with Crippen LogP contribution in [0.1, 0.15) is 23.0 Å². The van der Waals surface area contributed by atoms with E-state index in [1.807, 2.05) is 0 Å². The number of hydrogen-bond donors (Lipinski definition) is 6. The number of pyridine rings is 1. The molecule has 21 heteroatoms. The highest BCUT2D eigenvalue weighted by atomic mass is 35.5. The Labute approximate surface area is 288 Å². The number of aromatic amines is 1. The molecule has 3 amide bonds. The van der Waals surface area contributed by atoms with E-state index in [9.17, 15) is 29.2 Å². The molecule has 1 saturated heterocycles. The van der Waals surface area contributed by atoms with Crippen molar-refractivity contribution in [3.05, 3.63) is 67.8 Å². The molecule has 16 nitrogen and oxygen atoms in total. The van der Waals surface area contributed by atoms with Gasteiger partial charge in [-0.3, -0.25) is 24.3 Å². The maximum atomic E-state index is 13.2. The fourth-order valence-electron chi connectivity index (χ4n) is 4.66. The van der Waals surface area contributed by atoms with Crippen molar-refractivity contribution in [3.63, 3.8) is 0 Å². The smallest absolute Gasteiger partial charge is 0.353 e. The van der Waals surface area contributed by atoms with Gasteiger partial charge in [-0.15, -0.1) is 16.7 Å². The SMILES string of the molecule is Nc1nc(C(N=O)C(=O)N[C@@H]2C(=O)N3C(C(=O)O)=C(Sc4ccncc4CSCCNC(=O)[C@@H](N)Cc4cnc[nH]4)CS[C@@H]23)c(Cl)s1. The molecule has 3 aromatic heterocycles. The highest BCUT2D eigenvalue weighted by molar-refractivity contribution is 8.06. The van der Waals surface area contributed by atoms with Crippen LogP contribution in [0, 0.1) is 4.91 Å². The lowest BCUT2D eigenvalue weighted by atomic mass is 10.0. The monoisotopic (exact) mass is 738 g/mol. The number of β-lactam (4-membered cyclic amide) rings is 1. The number of halogens is 1. The molecule has 3 aromatic rings. The first-order valence-electron chi connectivity index (χ1n) is 13.7. The summed E-state index contributed by atoms with van der Waals surface area (Å²) in [6.07, 6.45) is 6.77. The van der Waals surface area contributed by atoms with Crippen molar-refractivity contribution in [2.24, 2.45) is 10.9 Å². The zero-order chi connectivity index (χ0) is 33.7. The van der Waals surface area contributed by atoms with E-state index in [0.717, 1.165) is 32.4 Å². The molecule has 1 fully saturated rings. The average Bonchev–Trinajstić information content (AvgIpc) is 3.68. The molecule has 5 rings (SSSR count). The van der Waals surface area contributed by atoms with Gasteiger partial charge in [0.25, 0.3) is 11.8 Å². The van der Waals surface area contributed by atoms with Crippen LogP contribution in [-0.2, 0) is 31.4 Å². The number of carboxylic acid groups (broad SMARTS) is 1. The lowest BCUT2D eigenvalue weighted by Crippen LogP contribution is -2.70. The number of anilines is 1. The summed E-state index contributed by atoms with van der Waals surface area (Å²) >= 11 is 11.0. The summed E-state index contributed by atoms with van der Waals surface area (Å²) in [7, 11) is 0. The van der Waals surface area contributed by atoms with Crippen LogP contribution in [0.4, 0.5) is 5.13 Å². The summed E-state index contributed by atoms with van der Waals surface area (Å²) in [5.41, 5.74) is 12.9. The van der Waals surface area contributed by atoms with Gasteiger partial charge in [0, 0.05) is 64.3 Å². The number of amides is 3. The van der Waals surface area contributed by atoms with E-state index in [1.54, 1.807) is 36.4 Å². The Morgan fingerprint density at radius 3 is 2.77 bits per heavy atom. The number of carbonyl (C=O) groups excluding carboxylic acids is 3. The van der Waals surface area contributed by atoms with Gasteiger partial charge in [0.1, 0.15) is 27.1 Å². The standard InChI is InChI=1S/C26H27ClN10O6S4/c27-20-16(35-26(29)47-20)17(36-43)22(39)34-18-23(40)37-19(25(41)42)15(9-45-24(18)37)46-14-1-2-30-6-11(14)8-44-4-3-32-21(38)13(28)5-12-7-31-10-33-12/h1-2,6-7,10,13,17-18,24H,3-5,8-9,28H2,(H2,29,35)(H,31,33)(H,32,38)(H,34,39)(H,41,42)/t13-,17?,18+,24-/m0/s1. The predicted molar refractivity (Wildman–Crippen MR) is 179 cm³/mol. The third-order valence-electron chi connectivity index (χ3n) is 6.90. The normalized spacial score (nSPS) is 18.6. The number of hydrogen-bond acceptors (Lipinski definition) is 15. The number of nitrogens with two attached hydrogens (primary N) is 2. The first kappa shape index (κ1) is 34.6. The minimum absolute atomic E-state index is 0.0243. The summed E-state index contributed by atoms with van der Waals surface area (Å²) < 4.78 is 0.0243. The molecule has 0 aromatic carbocycles. The van der Waals surface area contributed by atoms with E-state index < -0.39 is 41.3 Å². The number of nitrogens with one attached hydrogen (secondary N) is 3. The van der Waals surface area contributed by atoms with Crippen molar-refractivity contribution in [2.75, 3.05) is 23.8 Å². The van der Waals surface area contributed by atoms with Gasteiger partial charge in [0.05, 0.1) is 12.4 Å². The lowest BCUT2D eigenvalue weighted by molar-refractivity contribution is -0.150. The van der Waals surface area contributed by atoms with Crippen LogP contribution < -0.4 is 22.1 Å². The highest BCUT2D eigenvalue weighted by Crippen LogP contribution is 2.46. The number of aromatic nitrogens is 4. The minimum Gasteiger partial charge on any atom is -0.477 e. The van der Waals surface area contributed by atoms with E-state index >= 15 is 0 Å². The fraction of sp³-hybridized carbons (Fsp3) is 0.346. The second kappa shape index (κ2) is 15.5. The van der Waals surface area contributed by atoms with E-state index in [0.29, 0.717) is 29.4 Å². The zero-order valence-corrected chi connectivity index (χ0v) is 28.1. The summed E-state index contributed by atoms with van der Waals surface area (Å²) in [5, 5.41) is 17.6. The summed E-state index contributed by atoms with van der Waals surface area (Å²) in [6.45, 7) is 0.401. The number of fused-ring (bicyclic) bond motifs is 1. The molecular formula is C26H27ClN10O6S4. The first-order valence-corrected chi connectivity index (χ1v) is 17.9. The zero-order valence-electron chi connectivity index (χ0n) is 24.1. The van der Waals surface area contributed by atoms with Crippen LogP contribution in [0.25, 0.3) is 0 Å². The Morgan fingerprint density at radius 2 is 2.09 bits per heavy atom. The Bertz CT molecular complexity index is 1710. The molecule has 1 unspecified atom stereocenters. The van der Waals surface area contributed by atoms with E-state index in [1.165, 1.54) is 29.9 Å². The first-order chi connectivity index (χ1) is 22.6. The molecule has 0 radical (unpaired) electrons. The van der Waals surface area contributed by atoms with Gasteiger partial charge in [-0.05, 0) is 16.8 Å². The van der Waals surface area contributed by atoms with Crippen molar-refractivity contribution in [1.82, 2.24) is 35.5 Å².